The van der Waals surface area contributed by atoms with Crippen molar-refractivity contribution in [3.63, 3.8) is 0 Å². The van der Waals surface area contributed by atoms with Crippen LogP contribution in [0.25, 0.3) is 0 Å². The van der Waals surface area contributed by atoms with Gasteiger partial charge < -0.3 is 9.79 Å². The average Bonchev–Trinajstić information content (AvgIpc) is 1.31. The number of halogens is 1. The molecular weight excluding hydrogens is 138 g/mol. The Morgan fingerprint density at radius 2 is 1.86 bits per heavy atom. The molecule has 0 aromatic heterocycles. The zero-order valence-electron chi connectivity index (χ0n) is 3.71. The lowest BCUT2D eigenvalue weighted by atomic mass is 11.0. The van der Waals surface area contributed by atoms with Crippen molar-refractivity contribution in [3.8, 4) is 0 Å². The Hall–Kier alpha value is 0.440. The summed E-state index contributed by atoms with van der Waals surface area (Å²) < 4.78 is 9.89. The maximum atomic E-state index is 9.89. The minimum Gasteiger partial charge on any atom is -0.323 e. The van der Waals surface area contributed by atoms with Crippen LogP contribution in [-0.2, 0) is 4.57 Å². The fourth-order valence-corrected chi connectivity index (χ4v) is 0. The van der Waals surface area contributed by atoms with Gasteiger partial charge in [-0.1, -0.05) is 0 Å². The zero-order valence-corrected chi connectivity index (χ0v) is 5.36. The molecular formula is C2H6ClO3P. The summed E-state index contributed by atoms with van der Waals surface area (Å²) in [5.41, 5.74) is 0. The van der Waals surface area contributed by atoms with Gasteiger partial charge in [-0.25, -0.2) is 0 Å². The first-order valence-corrected chi connectivity index (χ1v) is 3.75. The summed E-state index contributed by atoms with van der Waals surface area (Å²) in [6, 6.07) is 0. The Kier molecular flexibility index (Phi) is 2.27. The van der Waals surface area contributed by atoms with Crippen LogP contribution in [0, 0.1) is 0 Å². The lowest BCUT2D eigenvalue weighted by molar-refractivity contribution is 0.371. The first kappa shape index (κ1) is 7.44. The molecule has 0 saturated heterocycles. The van der Waals surface area contributed by atoms with Crippen molar-refractivity contribution in [1.29, 1.82) is 0 Å². The first-order valence-electron chi connectivity index (χ1n) is 1.64. The molecule has 0 unspecified atom stereocenters. The van der Waals surface area contributed by atoms with Crippen LogP contribution in [0.3, 0.4) is 0 Å². The topological polar surface area (TPSA) is 57.5 Å². The molecule has 0 aromatic rings. The average molecular weight is 144 g/mol. The molecule has 0 bridgehead atoms. The van der Waals surface area contributed by atoms with E-state index in [4.69, 9.17) is 21.4 Å². The number of hydrogen-bond acceptors (Lipinski definition) is 1. The molecule has 1 atom stereocenters. The van der Waals surface area contributed by atoms with Gasteiger partial charge in [0.25, 0.3) is 0 Å². The molecule has 0 aliphatic heterocycles. The predicted octanol–water partition coefficient (Wildman–Crippen LogP) is 0.749. The van der Waals surface area contributed by atoms with Crippen molar-refractivity contribution in [3.05, 3.63) is 0 Å². The van der Waals surface area contributed by atoms with Crippen molar-refractivity contribution >= 4 is 19.2 Å². The largest absolute Gasteiger partial charge is 0.342 e. The van der Waals surface area contributed by atoms with Gasteiger partial charge in [0.15, 0.2) is 0 Å². The van der Waals surface area contributed by atoms with Crippen molar-refractivity contribution < 1.29 is 14.4 Å². The summed E-state index contributed by atoms with van der Waals surface area (Å²) >= 11 is 4.99. The van der Waals surface area contributed by atoms with Gasteiger partial charge in [0.2, 0.25) is 0 Å². The summed E-state index contributed by atoms with van der Waals surface area (Å²) in [6.07, 6.45) is 0. The van der Waals surface area contributed by atoms with Crippen LogP contribution >= 0.6 is 19.2 Å². The van der Waals surface area contributed by atoms with Gasteiger partial charge in [-0.05, 0) is 6.92 Å². The molecule has 0 radical (unpaired) electrons. The molecule has 3 nitrogen and oxygen atoms in total. The number of hydrogen-bond donors (Lipinski definition) is 2. The third-order valence-corrected chi connectivity index (χ3v) is 2.15. The monoisotopic (exact) mass is 144 g/mol. The summed E-state index contributed by atoms with van der Waals surface area (Å²) in [5, 5.41) is -1.06. The molecule has 0 aliphatic rings. The molecule has 0 rings (SSSR count). The van der Waals surface area contributed by atoms with E-state index in [1.165, 1.54) is 6.92 Å². The molecule has 0 amide bonds. The van der Waals surface area contributed by atoms with Crippen molar-refractivity contribution in [2.45, 2.75) is 12.0 Å². The van der Waals surface area contributed by atoms with Crippen LogP contribution < -0.4 is 0 Å². The quantitative estimate of drug-likeness (QED) is 0.422. The molecule has 44 valence electrons. The Morgan fingerprint density at radius 1 is 1.71 bits per heavy atom. The van der Waals surface area contributed by atoms with E-state index in [1.54, 1.807) is 0 Å². The highest BCUT2D eigenvalue weighted by atomic mass is 35.5. The van der Waals surface area contributed by atoms with E-state index < -0.39 is 12.7 Å². The maximum absolute atomic E-state index is 9.89. The van der Waals surface area contributed by atoms with Gasteiger partial charge in [-0.3, -0.25) is 4.57 Å². The van der Waals surface area contributed by atoms with Crippen LogP contribution in [0.1, 0.15) is 6.92 Å². The molecule has 2 N–H and O–H groups in total. The Morgan fingerprint density at radius 3 is 1.86 bits per heavy atom. The van der Waals surface area contributed by atoms with Crippen LogP contribution in [0.2, 0.25) is 0 Å². The SMILES string of the molecule is C[C@@H](Cl)P(=O)(O)O. The normalized spacial score (nSPS) is 16.6. The molecule has 0 aromatic carbocycles. The third kappa shape index (κ3) is 3.06. The second-order valence-corrected chi connectivity index (χ2v) is 4.07. The van der Waals surface area contributed by atoms with Gasteiger partial charge in [-0.2, -0.15) is 0 Å². The van der Waals surface area contributed by atoms with E-state index in [2.05, 4.69) is 0 Å². The molecule has 0 fully saturated rings. The van der Waals surface area contributed by atoms with Gasteiger partial charge in [-0.15, -0.1) is 11.6 Å². The van der Waals surface area contributed by atoms with Gasteiger partial charge in [0.1, 0.15) is 5.12 Å². The first-order chi connectivity index (χ1) is 2.94. The molecule has 0 spiro atoms. The Balaban J connectivity index is 3.80. The van der Waals surface area contributed by atoms with E-state index in [9.17, 15) is 4.57 Å². The molecule has 0 saturated carbocycles. The van der Waals surface area contributed by atoms with Gasteiger partial charge in [0, 0.05) is 0 Å². The highest BCUT2D eigenvalue weighted by Gasteiger charge is 2.19. The third-order valence-electron chi connectivity index (χ3n) is 0.463. The lowest BCUT2D eigenvalue weighted by Gasteiger charge is -2.02. The lowest BCUT2D eigenvalue weighted by Crippen LogP contribution is -1.89. The number of rotatable bonds is 1. The Labute approximate surface area is 46.5 Å². The summed E-state index contributed by atoms with van der Waals surface area (Å²) in [7, 11) is -3.97. The van der Waals surface area contributed by atoms with Gasteiger partial charge >= 0.3 is 7.60 Å². The van der Waals surface area contributed by atoms with Crippen molar-refractivity contribution in [2.24, 2.45) is 0 Å². The molecule has 5 heteroatoms. The molecule has 0 heterocycles. The maximum Gasteiger partial charge on any atom is 0.342 e. The minimum absolute atomic E-state index is 1.06. The summed E-state index contributed by atoms with van der Waals surface area (Å²) in [6.45, 7) is 1.25. The fourth-order valence-electron chi connectivity index (χ4n) is 0. The van der Waals surface area contributed by atoms with Crippen molar-refractivity contribution in [2.75, 3.05) is 0 Å². The van der Waals surface area contributed by atoms with Crippen molar-refractivity contribution in [1.82, 2.24) is 0 Å². The highest BCUT2D eigenvalue weighted by Crippen LogP contribution is 2.42. The van der Waals surface area contributed by atoms with Crippen LogP contribution in [-0.4, -0.2) is 14.9 Å². The molecule has 0 aliphatic carbocycles. The standard InChI is InChI=1S/C2H6ClO3P/c1-2(3)7(4,5)6/h2H,1H3,(H2,4,5,6)/t2-/m0/s1. The minimum atomic E-state index is -3.97. The van der Waals surface area contributed by atoms with Gasteiger partial charge in [0.05, 0.1) is 0 Å². The van der Waals surface area contributed by atoms with E-state index in [0.717, 1.165) is 0 Å². The van der Waals surface area contributed by atoms with Crippen LogP contribution in [0.15, 0.2) is 0 Å². The van der Waals surface area contributed by atoms with E-state index >= 15 is 0 Å². The van der Waals surface area contributed by atoms with E-state index in [0.29, 0.717) is 0 Å². The van der Waals surface area contributed by atoms with E-state index in [-0.39, 0.29) is 0 Å². The van der Waals surface area contributed by atoms with E-state index in [1.807, 2.05) is 0 Å². The second kappa shape index (κ2) is 2.14. The van der Waals surface area contributed by atoms with Crippen LogP contribution in [0.5, 0.6) is 0 Å². The summed E-state index contributed by atoms with van der Waals surface area (Å²) in [4.78, 5) is 16.1. The summed E-state index contributed by atoms with van der Waals surface area (Å²) in [5.74, 6) is 0. The second-order valence-electron chi connectivity index (χ2n) is 1.16. The predicted molar refractivity (Wildman–Crippen MR) is 27.4 cm³/mol. The number of alkyl halides is 1. The smallest absolute Gasteiger partial charge is 0.323 e. The van der Waals surface area contributed by atoms with Crippen LogP contribution in [0.4, 0.5) is 0 Å². The molecule has 7 heavy (non-hydrogen) atoms. The zero-order chi connectivity index (χ0) is 6.08. The fraction of sp³-hybridized carbons (Fsp3) is 1.00. The Bertz CT molecular complexity index is 95.1. The highest BCUT2D eigenvalue weighted by molar-refractivity contribution is 7.54.